The Balaban J connectivity index is 3.56. The topological polar surface area (TPSA) is 0 Å². The van der Waals surface area contributed by atoms with E-state index in [-0.39, 0.29) is 0 Å². The van der Waals surface area contributed by atoms with E-state index in [2.05, 4.69) is 41.5 Å². The van der Waals surface area contributed by atoms with Gasteiger partial charge in [0.2, 0.25) is 0 Å². The fourth-order valence-electron chi connectivity index (χ4n) is 0.335. The van der Waals surface area contributed by atoms with Crippen molar-refractivity contribution >= 4 is 27.4 Å². The molecule has 0 aromatic rings. The molecule has 0 aliphatic heterocycles. The van der Waals surface area contributed by atoms with Crippen LogP contribution in [0.4, 0.5) is 0 Å². The van der Waals surface area contributed by atoms with Crippen molar-refractivity contribution in [2.45, 2.75) is 49.9 Å². The van der Waals surface area contributed by atoms with Gasteiger partial charge in [0.1, 0.15) is 0 Å². The van der Waals surface area contributed by atoms with Gasteiger partial charge in [-0.15, -0.1) is 0 Å². The third kappa shape index (κ3) is 9.12. The first kappa shape index (κ1) is 11.1. The maximum atomic E-state index is 2.38. The summed E-state index contributed by atoms with van der Waals surface area (Å²) in [5.74, 6) is 0. The minimum atomic E-state index is 0.358. The molecule has 61 valence electrons. The Hall–Kier alpha value is 1.12. The van der Waals surface area contributed by atoms with Crippen molar-refractivity contribution in [1.82, 2.24) is 0 Å². The molecule has 10 heavy (non-hydrogen) atoms. The van der Waals surface area contributed by atoms with Gasteiger partial charge in [0.15, 0.2) is 0 Å². The summed E-state index contributed by atoms with van der Waals surface area (Å²) in [4.78, 5) is 0. The molecule has 0 rings (SSSR count). The molecule has 1 atom stereocenters. The fourth-order valence-corrected chi connectivity index (χ4v) is 9.06. The van der Waals surface area contributed by atoms with Crippen LogP contribution in [0.1, 0.15) is 41.5 Å². The van der Waals surface area contributed by atoms with E-state index < -0.39 is 0 Å². The predicted molar refractivity (Wildman–Crippen MR) is 52.3 cm³/mol. The Bertz CT molecular complexity index is 80.8. The molecule has 0 aliphatic rings. The summed E-state index contributed by atoms with van der Waals surface area (Å²) >= 11 is 1.01. The molecule has 0 heterocycles. The summed E-state index contributed by atoms with van der Waals surface area (Å²) in [6.45, 7) is 14.3. The third-order valence-electron chi connectivity index (χ3n) is 0.727. The molecule has 0 saturated heterocycles. The first-order chi connectivity index (χ1) is 4.21. The van der Waals surface area contributed by atoms with E-state index in [1.807, 2.05) is 0 Å². The van der Waals surface area contributed by atoms with Gasteiger partial charge in [-0.1, -0.05) is 0 Å². The van der Waals surface area contributed by atoms with E-state index >= 15 is 0 Å². The van der Waals surface area contributed by atoms with E-state index in [1.165, 1.54) is 0 Å². The van der Waals surface area contributed by atoms with Gasteiger partial charge in [-0.05, 0) is 0 Å². The second-order valence-electron chi connectivity index (χ2n) is 4.64. The van der Waals surface area contributed by atoms with Crippen molar-refractivity contribution in [3.05, 3.63) is 0 Å². The Morgan fingerprint density at radius 2 is 1.30 bits per heavy atom. The second-order valence-corrected chi connectivity index (χ2v) is 16.4. The van der Waals surface area contributed by atoms with Crippen LogP contribution in [0.5, 0.6) is 0 Å². The number of hydrogen-bond donors (Lipinski definition) is 0. The van der Waals surface area contributed by atoms with Crippen LogP contribution in [0.25, 0.3) is 0 Å². The first-order valence-electron chi connectivity index (χ1n) is 3.70. The van der Waals surface area contributed by atoms with Gasteiger partial charge in [0.05, 0.1) is 0 Å². The van der Waals surface area contributed by atoms with E-state index in [0.717, 1.165) is 0 Å². The zero-order valence-electron chi connectivity index (χ0n) is 7.95. The molecule has 0 saturated carbocycles. The van der Waals surface area contributed by atoms with Crippen molar-refractivity contribution in [2.75, 3.05) is 0 Å². The quantitative estimate of drug-likeness (QED) is 0.639. The van der Waals surface area contributed by atoms with Crippen LogP contribution in [0.2, 0.25) is 8.41 Å². The average Bonchev–Trinajstić information content (AvgIpc) is 1.57. The van der Waals surface area contributed by atoms with Crippen LogP contribution in [0.3, 0.4) is 0 Å². The molecule has 0 bridgehead atoms. The van der Waals surface area contributed by atoms with Gasteiger partial charge in [0.25, 0.3) is 0 Å². The molecule has 0 nitrogen and oxygen atoms in total. The van der Waals surface area contributed by atoms with Gasteiger partial charge < -0.3 is 0 Å². The summed E-state index contributed by atoms with van der Waals surface area (Å²) in [5, 5.41) is 0. The van der Waals surface area contributed by atoms with Gasteiger partial charge >= 0.3 is 77.3 Å². The van der Waals surface area contributed by atoms with E-state index in [9.17, 15) is 0 Å². The van der Waals surface area contributed by atoms with Crippen LogP contribution < -0.4 is 0 Å². The van der Waals surface area contributed by atoms with Crippen LogP contribution >= 0.6 is 0 Å². The SMILES string of the molecule is CC(C)(C)[As][AsH]C(C)(C)C. The van der Waals surface area contributed by atoms with Crippen molar-refractivity contribution in [1.29, 1.82) is 0 Å². The zero-order chi connectivity index (χ0) is 8.41. The standard InChI is InChI=1S/C8H19As2/c1-7(2,3)9-10-8(4,5)6/h9H,1-6H3. The van der Waals surface area contributed by atoms with Gasteiger partial charge in [0, 0.05) is 0 Å². The van der Waals surface area contributed by atoms with Crippen LogP contribution in [0, 0.1) is 0 Å². The molecule has 0 aliphatic carbocycles. The molecule has 0 spiro atoms. The molecular weight excluding hydrogens is 246 g/mol. The van der Waals surface area contributed by atoms with Crippen LogP contribution in [0.15, 0.2) is 0 Å². The van der Waals surface area contributed by atoms with Gasteiger partial charge in [-0.3, -0.25) is 0 Å². The molecule has 0 aromatic carbocycles. The van der Waals surface area contributed by atoms with Crippen LogP contribution in [-0.4, -0.2) is 27.4 Å². The summed E-state index contributed by atoms with van der Waals surface area (Å²) in [5.41, 5.74) is 0. The Morgan fingerprint density at radius 3 is 1.40 bits per heavy atom. The average molecular weight is 265 g/mol. The van der Waals surface area contributed by atoms with Gasteiger partial charge in [-0.25, -0.2) is 0 Å². The molecule has 0 aromatic heterocycles. The molecule has 0 amide bonds. The molecule has 1 radical (unpaired) electrons. The fraction of sp³-hybridized carbons (Fsp3) is 1.00. The minimum absolute atomic E-state index is 0.358. The normalized spacial score (nSPS) is 16.2. The molecule has 1 unspecified atom stereocenters. The Kier molecular flexibility index (Phi) is 4.09. The number of rotatable bonds is 1. The predicted octanol–water partition coefficient (Wildman–Crippen LogP) is 2.48. The summed E-state index contributed by atoms with van der Waals surface area (Å²) < 4.78 is 1.33. The van der Waals surface area contributed by atoms with Gasteiger partial charge in [-0.2, -0.15) is 0 Å². The van der Waals surface area contributed by atoms with Crippen molar-refractivity contribution < 1.29 is 0 Å². The Labute approximate surface area is 77.2 Å². The second kappa shape index (κ2) is 3.68. The molecule has 0 fully saturated rings. The third-order valence-corrected chi connectivity index (χ3v) is 19.6. The molecule has 2 heteroatoms. The summed E-state index contributed by atoms with van der Waals surface area (Å²) in [6, 6.07) is 0. The van der Waals surface area contributed by atoms with Crippen molar-refractivity contribution in [2.24, 2.45) is 0 Å². The van der Waals surface area contributed by atoms with Crippen LogP contribution in [-0.2, 0) is 0 Å². The van der Waals surface area contributed by atoms with E-state index in [1.54, 1.807) is 0 Å². The summed E-state index contributed by atoms with van der Waals surface area (Å²) in [7, 11) is 0. The molecule has 0 N–H and O–H groups in total. The summed E-state index contributed by atoms with van der Waals surface area (Å²) in [6.07, 6.45) is 0. The van der Waals surface area contributed by atoms with E-state index in [0.29, 0.717) is 35.8 Å². The maximum absolute atomic E-state index is 2.38. The monoisotopic (exact) mass is 265 g/mol. The van der Waals surface area contributed by atoms with E-state index in [4.69, 9.17) is 0 Å². The first-order valence-corrected chi connectivity index (χ1v) is 11.5. The Morgan fingerprint density at radius 1 is 0.900 bits per heavy atom. The van der Waals surface area contributed by atoms with Crippen molar-refractivity contribution in [3.63, 3.8) is 0 Å². The number of hydrogen-bond acceptors (Lipinski definition) is 0. The zero-order valence-corrected chi connectivity index (χ0v) is 11.9. The van der Waals surface area contributed by atoms with Crippen molar-refractivity contribution in [3.8, 4) is 0 Å². The molecular formula is C8H19As2.